The number of nitrogens with zero attached hydrogens (tertiary/aromatic N) is 1. The molecule has 0 saturated carbocycles. The number of H-pyrrole nitrogens is 1. The van der Waals surface area contributed by atoms with Crippen molar-refractivity contribution < 1.29 is 14.6 Å². The van der Waals surface area contributed by atoms with Crippen molar-refractivity contribution in [2.75, 3.05) is 13.7 Å². The first-order valence-corrected chi connectivity index (χ1v) is 6.75. The van der Waals surface area contributed by atoms with Crippen LogP contribution in [0.2, 0.25) is 0 Å². The minimum atomic E-state index is -0.212. The van der Waals surface area contributed by atoms with Crippen molar-refractivity contribution in [3.63, 3.8) is 0 Å². The van der Waals surface area contributed by atoms with E-state index in [0.29, 0.717) is 17.7 Å². The Hall–Kier alpha value is -2.34. The number of aliphatic hydroxyl groups is 1. The number of ether oxygens (including phenoxy) is 1. The van der Waals surface area contributed by atoms with Crippen LogP contribution < -0.4 is 10.1 Å². The molecule has 1 aromatic carbocycles. The predicted octanol–water partition coefficient (Wildman–Crippen LogP) is 1.59. The van der Waals surface area contributed by atoms with E-state index in [1.807, 2.05) is 31.2 Å². The van der Waals surface area contributed by atoms with Gasteiger partial charge in [-0.2, -0.15) is 5.10 Å². The largest absolute Gasteiger partial charge is 0.497 e. The topological polar surface area (TPSA) is 87.2 Å². The van der Waals surface area contributed by atoms with Crippen LogP contribution in [0.15, 0.2) is 30.5 Å². The minimum Gasteiger partial charge on any atom is -0.497 e. The molecule has 0 aliphatic rings. The number of hydrogen-bond acceptors (Lipinski definition) is 4. The Morgan fingerprint density at radius 2 is 2.14 bits per heavy atom. The van der Waals surface area contributed by atoms with Gasteiger partial charge in [-0.3, -0.25) is 9.89 Å². The molecule has 1 aromatic heterocycles. The number of rotatable bonds is 6. The van der Waals surface area contributed by atoms with E-state index in [0.717, 1.165) is 11.3 Å². The first kappa shape index (κ1) is 15.1. The van der Waals surface area contributed by atoms with Gasteiger partial charge < -0.3 is 15.2 Å². The molecular formula is C15H19N3O3. The lowest BCUT2D eigenvalue weighted by Gasteiger charge is -2.12. The molecule has 0 fully saturated rings. The second-order valence-electron chi connectivity index (χ2n) is 4.77. The number of aromatic amines is 1. The molecule has 1 amide bonds. The summed E-state index contributed by atoms with van der Waals surface area (Å²) in [7, 11) is 1.60. The zero-order valence-electron chi connectivity index (χ0n) is 12.1. The van der Waals surface area contributed by atoms with Gasteiger partial charge in [0, 0.05) is 18.2 Å². The molecule has 3 N–H and O–H groups in total. The van der Waals surface area contributed by atoms with Crippen LogP contribution in [-0.4, -0.2) is 41.0 Å². The van der Waals surface area contributed by atoms with Crippen molar-refractivity contribution in [3.05, 3.63) is 36.0 Å². The Kier molecular flexibility index (Phi) is 4.94. The van der Waals surface area contributed by atoms with E-state index >= 15 is 0 Å². The number of aromatic nitrogens is 2. The maximum atomic E-state index is 12.2. The average molecular weight is 289 g/mol. The summed E-state index contributed by atoms with van der Waals surface area (Å²) in [5.74, 6) is 0.538. The van der Waals surface area contributed by atoms with Gasteiger partial charge in [-0.15, -0.1) is 0 Å². The maximum Gasteiger partial charge on any atom is 0.255 e. The van der Waals surface area contributed by atoms with E-state index in [9.17, 15) is 4.79 Å². The van der Waals surface area contributed by atoms with Crippen LogP contribution in [0, 0.1) is 0 Å². The standard InChI is InChI=1S/C15H19N3O3/c1-10(7-8-19)17-15(20)13-9-16-18-14(13)11-3-5-12(21-2)6-4-11/h3-6,9-10,19H,7-8H2,1-2H3,(H,16,18)(H,17,20). The molecule has 21 heavy (non-hydrogen) atoms. The summed E-state index contributed by atoms with van der Waals surface area (Å²) in [5, 5.41) is 18.5. The van der Waals surface area contributed by atoms with E-state index in [-0.39, 0.29) is 18.6 Å². The predicted molar refractivity (Wildman–Crippen MR) is 79.2 cm³/mol. The molecule has 1 unspecified atom stereocenters. The van der Waals surface area contributed by atoms with Crippen molar-refractivity contribution >= 4 is 5.91 Å². The molecule has 2 rings (SSSR count). The van der Waals surface area contributed by atoms with Crippen molar-refractivity contribution in [1.29, 1.82) is 0 Å². The molecule has 0 aliphatic carbocycles. The highest BCUT2D eigenvalue weighted by atomic mass is 16.5. The Bertz CT molecular complexity index is 592. The highest BCUT2D eigenvalue weighted by Gasteiger charge is 2.16. The summed E-state index contributed by atoms with van der Waals surface area (Å²) in [6.07, 6.45) is 2.02. The summed E-state index contributed by atoms with van der Waals surface area (Å²) in [6.45, 7) is 1.89. The number of benzene rings is 1. The summed E-state index contributed by atoms with van der Waals surface area (Å²) >= 11 is 0. The number of amides is 1. The third kappa shape index (κ3) is 3.61. The van der Waals surface area contributed by atoms with Gasteiger partial charge in [0.2, 0.25) is 0 Å². The van der Waals surface area contributed by atoms with Crippen LogP contribution in [0.1, 0.15) is 23.7 Å². The number of hydrogen-bond donors (Lipinski definition) is 3. The lowest BCUT2D eigenvalue weighted by molar-refractivity contribution is 0.0935. The molecule has 6 nitrogen and oxygen atoms in total. The zero-order chi connectivity index (χ0) is 15.2. The van der Waals surface area contributed by atoms with Gasteiger partial charge in [-0.25, -0.2) is 0 Å². The number of methoxy groups -OCH3 is 1. The third-order valence-corrected chi connectivity index (χ3v) is 3.20. The van der Waals surface area contributed by atoms with Crippen LogP contribution in [0.3, 0.4) is 0 Å². The number of aliphatic hydroxyl groups excluding tert-OH is 1. The fourth-order valence-electron chi connectivity index (χ4n) is 2.00. The second kappa shape index (κ2) is 6.90. The van der Waals surface area contributed by atoms with Gasteiger partial charge in [-0.1, -0.05) is 0 Å². The van der Waals surface area contributed by atoms with Crippen LogP contribution in [0.5, 0.6) is 5.75 Å². The van der Waals surface area contributed by atoms with Crippen molar-refractivity contribution in [3.8, 4) is 17.0 Å². The Labute approximate surface area is 123 Å². The summed E-state index contributed by atoms with van der Waals surface area (Å²) in [6, 6.07) is 7.28. The van der Waals surface area contributed by atoms with Crippen molar-refractivity contribution in [2.24, 2.45) is 0 Å². The minimum absolute atomic E-state index is 0.0399. The zero-order valence-corrected chi connectivity index (χ0v) is 12.1. The highest BCUT2D eigenvalue weighted by Crippen LogP contribution is 2.23. The summed E-state index contributed by atoms with van der Waals surface area (Å²) < 4.78 is 5.11. The number of carbonyl (C=O) groups is 1. The number of nitrogens with one attached hydrogen (secondary N) is 2. The molecule has 2 aromatic rings. The molecule has 0 aliphatic heterocycles. The van der Waals surface area contributed by atoms with Gasteiger partial charge in [0.15, 0.2) is 0 Å². The van der Waals surface area contributed by atoms with Gasteiger partial charge in [0.25, 0.3) is 5.91 Å². The first-order valence-electron chi connectivity index (χ1n) is 6.75. The Balaban J connectivity index is 2.19. The number of carbonyl (C=O) groups excluding carboxylic acids is 1. The van der Waals surface area contributed by atoms with Gasteiger partial charge in [-0.05, 0) is 37.6 Å². The fraction of sp³-hybridized carbons (Fsp3) is 0.333. The van der Waals surface area contributed by atoms with E-state index < -0.39 is 0 Å². The van der Waals surface area contributed by atoms with Crippen LogP contribution in [0.25, 0.3) is 11.3 Å². The van der Waals surface area contributed by atoms with Gasteiger partial charge in [0.05, 0.1) is 24.6 Å². The highest BCUT2D eigenvalue weighted by molar-refractivity contribution is 5.99. The third-order valence-electron chi connectivity index (χ3n) is 3.20. The van der Waals surface area contributed by atoms with Crippen molar-refractivity contribution in [2.45, 2.75) is 19.4 Å². The van der Waals surface area contributed by atoms with E-state index in [1.165, 1.54) is 6.20 Å². The molecule has 0 radical (unpaired) electrons. The molecule has 0 saturated heterocycles. The quantitative estimate of drug-likeness (QED) is 0.753. The molecule has 0 bridgehead atoms. The normalized spacial score (nSPS) is 12.0. The lowest BCUT2D eigenvalue weighted by Crippen LogP contribution is -2.33. The summed E-state index contributed by atoms with van der Waals surface area (Å²) in [4.78, 5) is 12.2. The van der Waals surface area contributed by atoms with Crippen LogP contribution >= 0.6 is 0 Å². The molecule has 6 heteroatoms. The monoisotopic (exact) mass is 289 g/mol. The SMILES string of the molecule is COc1ccc(-c2[nH]ncc2C(=O)NC(C)CCO)cc1. The molecule has 112 valence electrons. The van der Waals surface area contributed by atoms with Gasteiger partial charge >= 0.3 is 0 Å². The first-order chi connectivity index (χ1) is 10.2. The van der Waals surface area contributed by atoms with Crippen LogP contribution in [-0.2, 0) is 0 Å². The fourth-order valence-corrected chi connectivity index (χ4v) is 2.00. The summed E-state index contributed by atoms with van der Waals surface area (Å²) in [5.41, 5.74) is 1.99. The molecule has 1 heterocycles. The molecule has 0 spiro atoms. The Morgan fingerprint density at radius 3 is 2.76 bits per heavy atom. The molecule has 1 atom stereocenters. The lowest BCUT2D eigenvalue weighted by atomic mass is 10.1. The van der Waals surface area contributed by atoms with E-state index in [4.69, 9.17) is 9.84 Å². The molecular weight excluding hydrogens is 270 g/mol. The van der Waals surface area contributed by atoms with Crippen molar-refractivity contribution in [1.82, 2.24) is 15.5 Å². The van der Waals surface area contributed by atoms with E-state index in [2.05, 4.69) is 15.5 Å². The second-order valence-corrected chi connectivity index (χ2v) is 4.77. The maximum absolute atomic E-state index is 12.2. The van der Waals surface area contributed by atoms with E-state index in [1.54, 1.807) is 7.11 Å². The average Bonchev–Trinajstić information content (AvgIpc) is 2.97. The van der Waals surface area contributed by atoms with Crippen LogP contribution in [0.4, 0.5) is 0 Å². The Morgan fingerprint density at radius 1 is 1.43 bits per heavy atom. The smallest absolute Gasteiger partial charge is 0.255 e. The van der Waals surface area contributed by atoms with Gasteiger partial charge in [0.1, 0.15) is 5.75 Å².